The lowest BCUT2D eigenvalue weighted by Crippen LogP contribution is -2.41. The number of amides is 2. The predicted molar refractivity (Wildman–Crippen MR) is 87.2 cm³/mol. The van der Waals surface area contributed by atoms with Crippen molar-refractivity contribution in [3.05, 3.63) is 65.2 Å². The van der Waals surface area contributed by atoms with E-state index in [0.29, 0.717) is 19.4 Å². The second-order valence-corrected chi connectivity index (χ2v) is 5.77. The number of phenols is 1. The maximum Gasteiger partial charge on any atom is 0.315 e. The lowest BCUT2D eigenvalue weighted by molar-refractivity contribution is 0.142. The van der Waals surface area contributed by atoms with Gasteiger partial charge in [0.1, 0.15) is 5.75 Å². The van der Waals surface area contributed by atoms with E-state index >= 15 is 0 Å². The van der Waals surface area contributed by atoms with Crippen LogP contribution in [0.1, 0.15) is 22.7 Å². The molecule has 0 aromatic heterocycles. The molecule has 0 radical (unpaired) electrons. The molecule has 5 nitrogen and oxygen atoms in total. The standard InChI is InChI=1S/C18H20N2O3/c21-14-6-3-4-12(10-14)8-9-19-18(23)20-17-15-7-2-1-5-13(15)11-16(17)22/h1-7,10,16-17,21-22H,8-9,11H2,(H2,19,20,23)/t16-,17+/m0/s1. The summed E-state index contributed by atoms with van der Waals surface area (Å²) in [4.78, 5) is 12.0. The highest BCUT2D eigenvalue weighted by Gasteiger charge is 2.31. The second kappa shape index (κ2) is 6.71. The molecule has 1 aliphatic carbocycles. The number of fused-ring (bicyclic) bond motifs is 1. The van der Waals surface area contributed by atoms with E-state index in [1.54, 1.807) is 18.2 Å². The van der Waals surface area contributed by atoms with Gasteiger partial charge in [0.2, 0.25) is 0 Å². The van der Waals surface area contributed by atoms with Gasteiger partial charge in [-0.15, -0.1) is 0 Å². The lowest BCUT2D eigenvalue weighted by atomic mass is 10.1. The summed E-state index contributed by atoms with van der Waals surface area (Å²) in [5.41, 5.74) is 3.00. The van der Waals surface area contributed by atoms with Crippen LogP contribution in [0.2, 0.25) is 0 Å². The van der Waals surface area contributed by atoms with Crippen LogP contribution in [-0.4, -0.2) is 28.9 Å². The molecule has 0 saturated carbocycles. The van der Waals surface area contributed by atoms with E-state index in [2.05, 4.69) is 10.6 Å². The van der Waals surface area contributed by atoms with Crippen molar-refractivity contribution in [1.82, 2.24) is 10.6 Å². The Kier molecular flexibility index (Phi) is 4.48. The average Bonchev–Trinajstić information content (AvgIpc) is 2.83. The molecule has 2 amide bonds. The zero-order chi connectivity index (χ0) is 16.2. The Balaban J connectivity index is 1.52. The number of aromatic hydroxyl groups is 1. The van der Waals surface area contributed by atoms with E-state index in [0.717, 1.165) is 16.7 Å². The Morgan fingerprint density at radius 1 is 1.17 bits per heavy atom. The Morgan fingerprint density at radius 2 is 2.00 bits per heavy atom. The van der Waals surface area contributed by atoms with Gasteiger partial charge < -0.3 is 20.8 Å². The number of nitrogens with one attached hydrogen (secondary N) is 2. The summed E-state index contributed by atoms with van der Waals surface area (Å²) in [6.07, 6.45) is 0.597. The van der Waals surface area contributed by atoms with Crippen molar-refractivity contribution in [2.45, 2.75) is 25.0 Å². The highest BCUT2D eigenvalue weighted by molar-refractivity contribution is 5.74. The van der Waals surface area contributed by atoms with Crippen molar-refractivity contribution in [1.29, 1.82) is 0 Å². The number of carbonyl (C=O) groups is 1. The molecule has 0 spiro atoms. The summed E-state index contributed by atoms with van der Waals surface area (Å²) < 4.78 is 0. The van der Waals surface area contributed by atoms with Crippen molar-refractivity contribution in [3.63, 3.8) is 0 Å². The Labute approximate surface area is 135 Å². The van der Waals surface area contributed by atoms with E-state index in [1.807, 2.05) is 30.3 Å². The van der Waals surface area contributed by atoms with Crippen LogP contribution in [0.3, 0.4) is 0 Å². The van der Waals surface area contributed by atoms with Crippen LogP contribution in [0.4, 0.5) is 4.79 Å². The highest BCUT2D eigenvalue weighted by atomic mass is 16.3. The summed E-state index contributed by atoms with van der Waals surface area (Å²) in [5.74, 6) is 0.220. The average molecular weight is 312 g/mol. The summed E-state index contributed by atoms with van der Waals surface area (Å²) in [6.45, 7) is 0.458. The van der Waals surface area contributed by atoms with E-state index in [9.17, 15) is 15.0 Å². The number of phenolic OH excluding ortho intramolecular Hbond substituents is 1. The van der Waals surface area contributed by atoms with Crippen molar-refractivity contribution in [3.8, 4) is 5.75 Å². The minimum absolute atomic E-state index is 0.220. The molecule has 0 heterocycles. The number of hydrogen-bond donors (Lipinski definition) is 4. The van der Waals surface area contributed by atoms with Crippen molar-refractivity contribution < 1.29 is 15.0 Å². The normalized spacial score (nSPS) is 19.2. The van der Waals surface area contributed by atoms with E-state index in [1.165, 1.54) is 0 Å². The van der Waals surface area contributed by atoms with Gasteiger partial charge in [-0.2, -0.15) is 0 Å². The van der Waals surface area contributed by atoms with Gasteiger partial charge in [-0.3, -0.25) is 0 Å². The first-order valence-corrected chi connectivity index (χ1v) is 7.71. The van der Waals surface area contributed by atoms with Crippen LogP contribution in [0, 0.1) is 0 Å². The quantitative estimate of drug-likeness (QED) is 0.696. The number of rotatable bonds is 4. The zero-order valence-electron chi connectivity index (χ0n) is 12.7. The van der Waals surface area contributed by atoms with E-state index in [4.69, 9.17) is 0 Å². The number of aliphatic hydroxyl groups excluding tert-OH is 1. The number of aliphatic hydroxyl groups is 1. The molecule has 2 aromatic rings. The van der Waals surface area contributed by atoms with Gasteiger partial charge in [0, 0.05) is 13.0 Å². The predicted octanol–water partition coefficient (Wildman–Crippen LogP) is 1.89. The summed E-state index contributed by atoms with van der Waals surface area (Å²) in [6, 6.07) is 14.0. The maximum absolute atomic E-state index is 12.0. The van der Waals surface area contributed by atoms with Gasteiger partial charge in [0.15, 0.2) is 0 Å². The molecule has 0 fully saturated rings. The van der Waals surface area contributed by atoms with Crippen molar-refractivity contribution >= 4 is 6.03 Å². The molecule has 2 atom stereocenters. The summed E-state index contributed by atoms with van der Waals surface area (Å²) in [5, 5.41) is 25.1. The van der Waals surface area contributed by atoms with Crippen LogP contribution >= 0.6 is 0 Å². The van der Waals surface area contributed by atoms with Gasteiger partial charge in [0.25, 0.3) is 0 Å². The van der Waals surface area contributed by atoms with E-state index < -0.39 is 6.10 Å². The van der Waals surface area contributed by atoms with Gasteiger partial charge >= 0.3 is 6.03 Å². The molecule has 1 aliphatic rings. The third-order valence-electron chi connectivity index (χ3n) is 4.10. The molecule has 0 unspecified atom stereocenters. The summed E-state index contributed by atoms with van der Waals surface area (Å²) >= 11 is 0. The first-order chi connectivity index (χ1) is 11.1. The van der Waals surface area contributed by atoms with Gasteiger partial charge in [-0.05, 0) is 35.2 Å². The molecule has 4 N–H and O–H groups in total. The third-order valence-corrected chi connectivity index (χ3v) is 4.10. The van der Waals surface area contributed by atoms with Gasteiger partial charge in [-0.1, -0.05) is 36.4 Å². The number of hydrogen-bond acceptors (Lipinski definition) is 3. The molecule has 0 bridgehead atoms. The molecule has 5 heteroatoms. The first-order valence-electron chi connectivity index (χ1n) is 7.71. The molecule has 120 valence electrons. The third kappa shape index (κ3) is 3.63. The number of carbonyl (C=O) groups excluding carboxylic acids is 1. The fraction of sp³-hybridized carbons (Fsp3) is 0.278. The molecule has 0 saturated heterocycles. The van der Waals surface area contributed by atoms with Gasteiger partial charge in [-0.25, -0.2) is 4.79 Å². The van der Waals surface area contributed by atoms with Crippen LogP contribution in [0.5, 0.6) is 5.75 Å². The van der Waals surface area contributed by atoms with Crippen LogP contribution in [0.25, 0.3) is 0 Å². The Hall–Kier alpha value is -2.53. The fourth-order valence-electron chi connectivity index (χ4n) is 2.97. The minimum Gasteiger partial charge on any atom is -0.508 e. The molecule has 3 rings (SSSR count). The monoisotopic (exact) mass is 312 g/mol. The van der Waals surface area contributed by atoms with E-state index in [-0.39, 0.29) is 17.8 Å². The SMILES string of the molecule is O=C(NCCc1cccc(O)c1)N[C@@H]1c2ccccc2C[C@@H]1O. The maximum atomic E-state index is 12.0. The molecule has 2 aromatic carbocycles. The van der Waals surface area contributed by atoms with Crippen molar-refractivity contribution in [2.24, 2.45) is 0 Å². The smallest absolute Gasteiger partial charge is 0.315 e. The van der Waals surface area contributed by atoms with Crippen molar-refractivity contribution in [2.75, 3.05) is 6.54 Å². The lowest BCUT2D eigenvalue weighted by Gasteiger charge is -2.18. The van der Waals surface area contributed by atoms with Crippen LogP contribution in [0.15, 0.2) is 48.5 Å². The number of benzene rings is 2. The topological polar surface area (TPSA) is 81.6 Å². The van der Waals surface area contributed by atoms with Crippen LogP contribution < -0.4 is 10.6 Å². The fourth-order valence-corrected chi connectivity index (χ4v) is 2.97. The van der Waals surface area contributed by atoms with Crippen LogP contribution in [-0.2, 0) is 12.8 Å². The molecular weight excluding hydrogens is 292 g/mol. The molecule has 0 aliphatic heterocycles. The molecule has 23 heavy (non-hydrogen) atoms. The number of urea groups is 1. The first kappa shape index (κ1) is 15.4. The largest absolute Gasteiger partial charge is 0.508 e. The molecular formula is C18H20N2O3. The Bertz CT molecular complexity index is 702. The summed E-state index contributed by atoms with van der Waals surface area (Å²) in [7, 11) is 0. The van der Waals surface area contributed by atoms with Gasteiger partial charge in [0.05, 0.1) is 12.1 Å². The minimum atomic E-state index is -0.593. The second-order valence-electron chi connectivity index (χ2n) is 5.77. The Morgan fingerprint density at radius 3 is 2.83 bits per heavy atom. The zero-order valence-corrected chi connectivity index (χ0v) is 12.7. The highest BCUT2D eigenvalue weighted by Crippen LogP contribution is 2.30.